The van der Waals surface area contributed by atoms with Gasteiger partial charge in [0.2, 0.25) is 0 Å². The van der Waals surface area contributed by atoms with Gasteiger partial charge in [-0.25, -0.2) is 15.0 Å². The van der Waals surface area contributed by atoms with E-state index in [1.807, 2.05) is 112 Å². The first kappa shape index (κ1) is 32.5. The quantitative estimate of drug-likeness (QED) is 0.190. The monoisotopic (exact) mass is 658 g/mol. The lowest BCUT2D eigenvalue weighted by Gasteiger charge is -2.24. The van der Waals surface area contributed by atoms with Gasteiger partial charge in [-0.2, -0.15) is 0 Å². The molecule has 0 saturated carbocycles. The topological polar surface area (TPSA) is 97.2 Å². The number of phenolic OH excluding ortho intramolecular Hbond substituents is 1. The number of pyridine rings is 1. The molecule has 50 heavy (non-hydrogen) atoms. The van der Waals surface area contributed by atoms with Crippen LogP contribution in [0.5, 0.6) is 17.2 Å². The summed E-state index contributed by atoms with van der Waals surface area (Å²) in [6, 6.07) is 34.4. The number of hydrogen-bond acceptors (Lipinski definition) is 7. The molecule has 7 heteroatoms. The van der Waals surface area contributed by atoms with Crippen LogP contribution in [-0.4, -0.2) is 25.8 Å². The van der Waals surface area contributed by atoms with Crippen LogP contribution >= 0.6 is 0 Å². The second kappa shape index (κ2) is 12.7. The molecule has 2 N–H and O–H groups in total. The third-order valence-corrected chi connectivity index (χ3v) is 8.80. The minimum absolute atomic E-state index is 0.0194. The number of aryl methyl sites for hydroxylation is 1. The molecule has 0 aliphatic heterocycles. The first-order valence-electron chi connectivity index (χ1n) is 16.9. The van der Waals surface area contributed by atoms with E-state index >= 15 is 0 Å². The van der Waals surface area contributed by atoms with Crippen LogP contribution in [0, 0.1) is 6.92 Å². The fourth-order valence-electron chi connectivity index (χ4n) is 6.34. The van der Waals surface area contributed by atoms with E-state index in [2.05, 4.69) is 43.2 Å². The number of anilines is 2. The number of ether oxygens (including phenoxy) is 1. The van der Waals surface area contributed by atoms with Gasteiger partial charge in [0, 0.05) is 28.3 Å². The Balaban J connectivity index is 0.00000193. The van der Waals surface area contributed by atoms with Crippen LogP contribution in [0.1, 0.15) is 61.8 Å². The average molecular weight is 659 g/mol. The van der Waals surface area contributed by atoms with E-state index in [1.54, 1.807) is 6.07 Å². The third-order valence-electron chi connectivity index (χ3n) is 8.80. The zero-order chi connectivity index (χ0) is 35.2. The number of aromatic hydroxyl groups is 1. The van der Waals surface area contributed by atoms with Crippen molar-refractivity contribution in [1.82, 2.24) is 15.0 Å². The van der Waals surface area contributed by atoms with Gasteiger partial charge in [-0.1, -0.05) is 101 Å². The van der Waals surface area contributed by atoms with Crippen LogP contribution < -0.4 is 10.1 Å². The number of carbonyl (C=O) groups excluding carboxylic acids is 1. The normalized spacial score (nSPS) is 11.9. The van der Waals surface area contributed by atoms with Gasteiger partial charge in [0.05, 0.1) is 22.5 Å². The van der Waals surface area contributed by atoms with Crippen molar-refractivity contribution in [3.05, 3.63) is 132 Å². The molecule has 0 spiro atoms. The largest absolute Gasteiger partial charge is 0.507 e. The maximum Gasteiger partial charge on any atom is 0.196 e. The summed E-state index contributed by atoms with van der Waals surface area (Å²) < 4.78 is 6.63. The molecule has 7 aromatic rings. The molecule has 0 atom stereocenters. The Kier molecular flexibility index (Phi) is 8.28. The molecule has 0 saturated heterocycles. The van der Waals surface area contributed by atoms with E-state index in [0.717, 1.165) is 16.5 Å². The Hall–Kier alpha value is -6.08. The fraction of sp³-hybridized carbons (Fsp3) is 0.163. The molecular formula is C43H38N4O3. The van der Waals surface area contributed by atoms with Gasteiger partial charge < -0.3 is 15.2 Å². The van der Waals surface area contributed by atoms with Crippen molar-refractivity contribution < 1.29 is 14.6 Å². The number of nitrogens with one attached hydrogen (secondary N) is 1. The number of carbonyl (C=O) groups is 1. The summed E-state index contributed by atoms with van der Waals surface area (Å²) in [6.45, 7) is 12.4. The highest BCUT2D eigenvalue weighted by Gasteiger charge is 2.32. The van der Waals surface area contributed by atoms with Gasteiger partial charge >= 0.3 is 0 Å². The highest BCUT2D eigenvalue weighted by Crippen LogP contribution is 2.47. The van der Waals surface area contributed by atoms with Crippen molar-refractivity contribution in [2.45, 2.75) is 47.0 Å². The number of phenols is 1. The summed E-state index contributed by atoms with van der Waals surface area (Å²) in [5, 5.41) is 17.1. The number of nitrogens with zero attached hydrogens (tertiary/aromatic N) is 3. The van der Waals surface area contributed by atoms with Crippen molar-refractivity contribution in [2.75, 3.05) is 5.32 Å². The smallest absolute Gasteiger partial charge is 0.196 e. The second-order valence-electron chi connectivity index (χ2n) is 13.2. The Bertz CT molecular complexity index is 2430. The molecule has 2 aromatic heterocycles. The van der Waals surface area contributed by atoms with E-state index in [-0.39, 0.29) is 16.9 Å². The molecule has 0 radical (unpaired) electrons. The predicted molar refractivity (Wildman–Crippen MR) is 202 cm³/mol. The summed E-state index contributed by atoms with van der Waals surface area (Å²) in [5.74, 6) is 1.89. The SMILES string of the molecule is CC.Cc1cccc(Nc2cc(Oc3ccc(C(C)(C)C)cc3)c3nc(-c4cc5ccccc5cc4O)nc4c3c2C(=O)c2ccccc2-4)n1. The standard InChI is InChI=1S/C41H32N4O3.C2H6/c1-23-10-9-15-34(42-23)43-31-22-33(48-27-18-16-26(17-19-27)41(2,3)4)38-36-35(31)39(47)29-14-8-7-13-28(29)37(36)44-40(45-38)30-20-24-11-5-6-12-25(24)21-32(30)46;1-2/h5-22,46H,1-4H3,(H,42,43);1-2H3. The number of hydrogen-bond donors (Lipinski definition) is 2. The van der Waals surface area contributed by atoms with Gasteiger partial charge in [0.25, 0.3) is 0 Å². The van der Waals surface area contributed by atoms with Crippen LogP contribution in [-0.2, 0) is 5.41 Å². The lowest BCUT2D eigenvalue weighted by molar-refractivity contribution is 0.104. The Morgan fingerprint density at radius 2 is 1.40 bits per heavy atom. The van der Waals surface area contributed by atoms with Crippen LogP contribution in [0.25, 0.3) is 44.3 Å². The third kappa shape index (κ3) is 5.81. The first-order chi connectivity index (χ1) is 24.1. The summed E-state index contributed by atoms with van der Waals surface area (Å²) in [7, 11) is 0. The maximum absolute atomic E-state index is 14.3. The molecule has 2 heterocycles. The molecule has 5 aromatic carbocycles. The molecule has 1 aliphatic carbocycles. The summed E-state index contributed by atoms with van der Waals surface area (Å²) in [4.78, 5) is 29.1. The molecule has 1 aliphatic rings. The van der Waals surface area contributed by atoms with Gasteiger partial charge in [0.1, 0.15) is 22.8 Å². The summed E-state index contributed by atoms with van der Waals surface area (Å²) >= 11 is 0. The summed E-state index contributed by atoms with van der Waals surface area (Å²) in [5.41, 5.74) is 5.72. The molecule has 248 valence electrons. The summed E-state index contributed by atoms with van der Waals surface area (Å²) in [6.07, 6.45) is 0. The van der Waals surface area contributed by atoms with E-state index in [9.17, 15) is 9.90 Å². The number of ketones is 1. The molecule has 7 nitrogen and oxygen atoms in total. The van der Waals surface area contributed by atoms with Crippen LogP contribution in [0.4, 0.5) is 11.5 Å². The van der Waals surface area contributed by atoms with Crippen molar-refractivity contribution in [3.8, 4) is 39.9 Å². The highest BCUT2D eigenvalue weighted by molar-refractivity contribution is 6.28. The maximum atomic E-state index is 14.3. The number of benzene rings is 5. The number of rotatable bonds is 5. The first-order valence-corrected chi connectivity index (χ1v) is 16.9. The zero-order valence-electron chi connectivity index (χ0n) is 29.0. The van der Waals surface area contributed by atoms with Crippen LogP contribution in [0.3, 0.4) is 0 Å². The Morgan fingerprint density at radius 3 is 2.10 bits per heavy atom. The lowest BCUT2D eigenvalue weighted by Crippen LogP contribution is -2.15. The van der Waals surface area contributed by atoms with Gasteiger partial charge in [-0.05, 0) is 65.1 Å². The molecular weight excluding hydrogens is 620 g/mol. The molecule has 8 rings (SSSR count). The minimum Gasteiger partial charge on any atom is -0.507 e. The fourth-order valence-corrected chi connectivity index (χ4v) is 6.34. The lowest BCUT2D eigenvalue weighted by atomic mass is 9.85. The number of fused-ring (bicyclic) bond motifs is 3. The molecule has 0 fully saturated rings. The predicted octanol–water partition coefficient (Wildman–Crippen LogP) is 10.9. The average Bonchev–Trinajstić information content (AvgIpc) is 3.11. The second-order valence-corrected chi connectivity index (χ2v) is 13.2. The highest BCUT2D eigenvalue weighted by atomic mass is 16.5. The van der Waals surface area contributed by atoms with Gasteiger partial charge in [0.15, 0.2) is 17.4 Å². The van der Waals surface area contributed by atoms with E-state index in [0.29, 0.717) is 67.7 Å². The van der Waals surface area contributed by atoms with Crippen molar-refractivity contribution in [3.63, 3.8) is 0 Å². The van der Waals surface area contributed by atoms with Crippen LogP contribution in [0.15, 0.2) is 109 Å². The van der Waals surface area contributed by atoms with Gasteiger partial charge in [-0.3, -0.25) is 4.79 Å². The molecule has 0 bridgehead atoms. The van der Waals surface area contributed by atoms with Crippen LogP contribution in [0.2, 0.25) is 0 Å². The molecule has 0 amide bonds. The minimum atomic E-state index is -0.149. The Labute approximate surface area is 291 Å². The van der Waals surface area contributed by atoms with Crippen molar-refractivity contribution in [1.29, 1.82) is 0 Å². The zero-order valence-corrected chi connectivity index (χ0v) is 29.0. The number of aromatic nitrogens is 3. The van der Waals surface area contributed by atoms with E-state index in [1.165, 1.54) is 5.56 Å². The Morgan fingerprint density at radius 1 is 0.720 bits per heavy atom. The molecule has 0 unspecified atom stereocenters. The van der Waals surface area contributed by atoms with Crippen molar-refractivity contribution in [2.24, 2.45) is 0 Å². The van der Waals surface area contributed by atoms with E-state index < -0.39 is 0 Å². The van der Waals surface area contributed by atoms with E-state index in [4.69, 9.17) is 14.7 Å². The van der Waals surface area contributed by atoms with Gasteiger partial charge in [-0.15, -0.1) is 0 Å². The van der Waals surface area contributed by atoms with Crippen molar-refractivity contribution >= 4 is 39.0 Å².